The van der Waals surface area contributed by atoms with E-state index in [1.54, 1.807) is 17.5 Å². The first-order valence-corrected chi connectivity index (χ1v) is 8.19. The zero-order valence-corrected chi connectivity index (χ0v) is 13.0. The highest BCUT2D eigenvalue weighted by Gasteiger charge is 2.32. The Morgan fingerprint density at radius 3 is 3.13 bits per heavy atom. The second kappa shape index (κ2) is 5.88. The molecule has 3 aromatic rings. The molecule has 1 aliphatic rings. The van der Waals surface area contributed by atoms with E-state index in [1.165, 1.54) is 17.2 Å². The summed E-state index contributed by atoms with van der Waals surface area (Å²) in [7, 11) is 0. The molecule has 4 heterocycles. The molecule has 0 bridgehead atoms. The van der Waals surface area contributed by atoms with E-state index in [1.807, 2.05) is 10.3 Å². The third-order valence-electron chi connectivity index (χ3n) is 3.93. The smallest absolute Gasteiger partial charge is 0.259 e. The molecular formula is C13H14N8OS. The molecule has 1 N–H and O–H groups in total. The van der Waals surface area contributed by atoms with E-state index < -0.39 is 0 Å². The monoisotopic (exact) mass is 330 g/mol. The molecular weight excluding hydrogens is 316 g/mol. The number of piperidine rings is 1. The first-order chi connectivity index (χ1) is 11.3. The van der Waals surface area contributed by atoms with Gasteiger partial charge in [0.05, 0.1) is 12.2 Å². The van der Waals surface area contributed by atoms with Crippen LogP contribution in [0.25, 0.3) is 5.82 Å². The van der Waals surface area contributed by atoms with E-state index in [0.717, 1.165) is 24.3 Å². The number of aromatic amines is 1. The summed E-state index contributed by atoms with van der Waals surface area (Å²) in [5, 5.41) is 20.7. The third-order valence-corrected chi connectivity index (χ3v) is 4.80. The Kier molecular flexibility index (Phi) is 3.58. The van der Waals surface area contributed by atoms with Gasteiger partial charge in [0.2, 0.25) is 0 Å². The van der Waals surface area contributed by atoms with Crippen molar-refractivity contribution in [3.05, 3.63) is 34.7 Å². The highest BCUT2D eigenvalue weighted by molar-refractivity contribution is 7.09. The molecule has 10 heteroatoms. The van der Waals surface area contributed by atoms with Crippen molar-refractivity contribution in [1.29, 1.82) is 0 Å². The molecule has 0 spiro atoms. The van der Waals surface area contributed by atoms with Gasteiger partial charge in [0.15, 0.2) is 5.82 Å². The third kappa shape index (κ3) is 2.50. The maximum Gasteiger partial charge on any atom is 0.259 e. The summed E-state index contributed by atoms with van der Waals surface area (Å²) in [4.78, 5) is 19.3. The maximum atomic E-state index is 13.0. The first-order valence-electron chi connectivity index (χ1n) is 7.31. The van der Waals surface area contributed by atoms with E-state index in [4.69, 9.17) is 0 Å². The highest BCUT2D eigenvalue weighted by atomic mass is 32.1. The first kappa shape index (κ1) is 14.0. The van der Waals surface area contributed by atoms with Crippen LogP contribution >= 0.6 is 11.3 Å². The lowest BCUT2D eigenvalue weighted by Gasteiger charge is -2.34. The Morgan fingerprint density at radius 1 is 1.39 bits per heavy atom. The van der Waals surface area contributed by atoms with Gasteiger partial charge in [-0.05, 0) is 29.7 Å². The van der Waals surface area contributed by atoms with Crippen molar-refractivity contribution in [3.63, 3.8) is 0 Å². The summed E-state index contributed by atoms with van der Waals surface area (Å²) in [6, 6.07) is 0.0212. The minimum atomic E-state index is -0.0795. The van der Waals surface area contributed by atoms with Crippen molar-refractivity contribution in [2.24, 2.45) is 0 Å². The Morgan fingerprint density at radius 2 is 2.35 bits per heavy atom. The molecule has 1 aliphatic heterocycles. The van der Waals surface area contributed by atoms with Gasteiger partial charge in [-0.3, -0.25) is 9.89 Å². The lowest BCUT2D eigenvalue weighted by Crippen LogP contribution is -2.38. The molecule has 0 aliphatic carbocycles. The quantitative estimate of drug-likeness (QED) is 0.774. The van der Waals surface area contributed by atoms with Crippen molar-refractivity contribution in [2.75, 3.05) is 6.54 Å². The van der Waals surface area contributed by atoms with Crippen LogP contribution in [-0.4, -0.2) is 52.7 Å². The Hall–Kier alpha value is -2.62. The van der Waals surface area contributed by atoms with Crippen LogP contribution in [0.2, 0.25) is 0 Å². The van der Waals surface area contributed by atoms with Crippen LogP contribution in [0.3, 0.4) is 0 Å². The Labute approximate surface area is 135 Å². The predicted molar refractivity (Wildman–Crippen MR) is 81.0 cm³/mol. The molecule has 1 atom stereocenters. The zero-order valence-electron chi connectivity index (χ0n) is 12.2. The molecule has 0 radical (unpaired) electrons. The molecule has 1 saturated heterocycles. The molecule has 3 aromatic heterocycles. The van der Waals surface area contributed by atoms with Crippen molar-refractivity contribution < 1.29 is 4.79 Å². The molecule has 4 rings (SSSR count). The Bertz CT molecular complexity index is 781. The number of likely N-dealkylation sites (tertiary alicyclic amines) is 1. The number of amides is 1. The summed E-state index contributed by atoms with van der Waals surface area (Å²) in [5.74, 6) is 0.396. The molecule has 1 amide bonds. The van der Waals surface area contributed by atoms with Gasteiger partial charge in [0.1, 0.15) is 16.9 Å². The minimum absolute atomic E-state index is 0.0212. The standard InChI is InChI=1S/C13H14N8OS/c22-13(9-7-15-17-11(9)21-8-16-18-19-21)20-5-2-1-3-10(20)12-14-4-6-23-12/h4,6-8,10H,1-3,5H2,(H,15,17). The molecule has 0 aromatic carbocycles. The summed E-state index contributed by atoms with van der Waals surface area (Å²) in [6.07, 6.45) is 7.75. The Balaban J connectivity index is 1.67. The molecule has 9 nitrogen and oxygen atoms in total. The van der Waals surface area contributed by atoms with Gasteiger partial charge < -0.3 is 4.90 Å². The topological polar surface area (TPSA) is 105 Å². The molecule has 23 heavy (non-hydrogen) atoms. The summed E-state index contributed by atoms with van der Waals surface area (Å²) in [5.41, 5.74) is 0.459. The number of H-pyrrole nitrogens is 1. The fourth-order valence-corrected chi connectivity index (χ4v) is 3.64. The van der Waals surface area contributed by atoms with Gasteiger partial charge in [0, 0.05) is 18.1 Å². The van der Waals surface area contributed by atoms with Gasteiger partial charge >= 0.3 is 0 Å². The van der Waals surface area contributed by atoms with Crippen LogP contribution in [0.4, 0.5) is 0 Å². The predicted octanol–water partition coefficient (Wildman–Crippen LogP) is 1.21. The van der Waals surface area contributed by atoms with Gasteiger partial charge in [-0.25, -0.2) is 4.98 Å². The number of carbonyl (C=O) groups excluding carboxylic acids is 1. The average Bonchev–Trinajstić information content (AvgIpc) is 3.35. The maximum absolute atomic E-state index is 13.0. The molecule has 1 fully saturated rings. The minimum Gasteiger partial charge on any atom is -0.329 e. The van der Waals surface area contributed by atoms with Crippen LogP contribution < -0.4 is 0 Å². The molecule has 118 valence electrons. The number of aromatic nitrogens is 7. The van der Waals surface area contributed by atoms with E-state index in [9.17, 15) is 4.79 Å². The fraction of sp³-hybridized carbons (Fsp3) is 0.385. The van der Waals surface area contributed by atoms with Crippen molar-refractivity contribution in [1.82, 2.24) is 40.3 Å². The molecule has 0 saturated carbocycles. The van der Waals surface area contributed by atoms with Crippen molar-refractivity contribution in [2.45, 2.75) is 25.3 Å². The second-order valence-electron chi connectivity index (χ2n) is 5.27. The lowest BCUT2D eigenvalue weighted by atomic mass is 10.0. The zero-order chi connectivity index (χ0) is 15.6. The second-order valence-corrected chi connectivity index (χ2v) is 6.19. The van der Waals surface area contributed by atoms with Crippen LogP contribution in [0.15, 0.2) is 24.1 Å². The number of nitrogens with one attached hydrogen (secondary N) is 1. The highest BCUT2D eigenvalue weighted by Crippen LogP contribution is 2.33. The van der Waals surface area contributed by atoms with Crippen LogP contribution in [0.5, 0.6) is 0 Å². The molecule has 1 unspecified atom stereocenters. The summed E-state index contributed by atoms with van der Waals surface area (Å²) in [6.45, 7) is 0.712. The number of hydrogen-bond donors (Lipinski definition) is 1. The van der Waals surface area contributed by atoms with Gasteiger partial charge in [-0.15, -0.1) is 16.4 Å². The number of rotatable bonds is 3. The van der Waals surface area contributed by atoms with Crippen molar-refractivity contribution in [3.8, 4) is 5.82 Å². The van der Waals surface area contributed by atoms with Gasteiger partial charge in [-0.1, -0.05) is 0 Å². The van der Waals surface area contributed by atoms with E-state index in [-0.39, 0.29) is 11.9 Å². The lowest BCUT2D eigenvalue weighted by molar-refractivity contribution is 0.0611. The average molecular weight is 330 g/mol. The SMILES string of the molecule is O=C(c1cn[nH]c1-n1cnnn1)N1CCCCC1c1nccs1. The van der Waals surface area contributed by atoms with Crippen molar-refractivity contribution >= 4 is 17.2 Å². The normalized spacial score (nSPS) is 18.3. The number of nitrogens with zero attached hydrogens (tertiary/aromatic N) is 7. The van der Waals surface area contributed by atoms with Crippen LogP contribution in [0, 0.1) is 0 Å². The number of thiazole rings is 1. The fourth-order valence-electron chi connectivity index (χ4n) is 2.86. The van der Waals surface area contributed by atoms with Crippen LogP contribution in [-0.2, 0) is 0 Å². The van der Waals surface area contributed by atoms with E-state index >= 15 is 0 Å². The van der Waals surface area contributed by atoms with Gasteiger partial charge in [0.25, 0.3) is 5.91 Å². The number of hydrogen-bond acceptors (Lipinski definition) is 7. The van der Waals surface area contributed by atoms with Crippen LogP contribution in [0.1, 0.15) is 40.7 Å². The van der Waals surface area contributed by atoms with E-state index in [0.29, 0.717) is 17.9 Å². The largest absolute Gasteiger partial charge is 0.329 e. The number of tetrazole rings is 1. The summed E-state index contributed by atoms with van der Waals surface area (Å²) < 4.78 is 1.41. The summed E-state index contributed by atoms with van der Waals surface area (Å²) >= 11 is 1.58. The van der Waals surface area contributed by atoms with Gasteiger partial charge in [-0.2, -0.15) is 9.78 Å². The number of carbonyl (C=O) groups is 1. The van der Waals surface area contributed by atoms with E-state index in [2.05, 4.69) is 30.7 Å².